The van der Waals surface area contributed by atoms with Crippen LogP contribution in [0.1, 0.15) is 34.2 Å². The number of rotatable bonds is 5. The molecule has 5 nitrogen and oxygen atoms in total. The Kier molecular flexibility index (Phi) is 5.37. The van der Waals surface area contributed by atoms with Crippen LogP contribution in [0.15, 0.2) is 24.3 Å². The molecule has 0 spiro atoms. The highest BCUT2D eigenvalue weighted by Crippen LogP contribution is 2.29. The van der Waals surface area contributed by atoms with Gasteiger partial charge in [0.05, 0.1) is 11.5 Å². The van der Waals surface area contributed by atoms with Gasteiger partial charge in [0, 0.05) is 33.0 Å². The lowest BCUT2D eigenvalue weighted by atomic mass is 10.1. The van der Waals surface area contributed by atoms with E-state index in [0.717, 1.165) is 11.4 Å². The van der Waals surface area contributed by atoms with Crippen LogP contribution < -0.4 is 4.74 Å². The zero-order chi connectivity index (χ0) is 19.1. The predicted molar refractivity (Wildman–Crippen MR) is 103 cm³/mol. The van der Waals surface area contributed by atoms with Crippen molar-refractivity contribution < 1.29 is 17.9 Å². The van der Waals surface area contributed by atoms with Crippen molar-refractivity contribution >= 4 is 38.8 Å². The molecule has 1 aromatic carbocycles. The molecule has 0 radical (unpaired) electrons. The lowest BCUT2D eigenvalue weighted by Gasteiger charge is -2.16. The molecule has 3 rings (SSSR count). The molecule has 0 saturated carbocycles. The average molecular weight is 416 g/mol. The minimum Gasteiger partial charge on any atom is -0.485 e. The van der Waals surface area contributed by atoms with Crippen LogP contribution in [0.2, 0.25) is 10.0 Å². The molecule has 0 amide bonds. The normalized spacial score (nSPS) is 18.8. The summed E-state index contributed by atoms with van der Waals surface area (Å²) in [6.45, 7) is 3.57. The molecule has 1 fully saturated rings. The summed E-state index contributed by atoms with van der Waals surface area (Å²) in [4.78, 5) is 12.6. The highest BCUT2D eigenvalue weighted by atomic mass is 35.5. The summed E-state index contributed by atoms with van der Waals surface area (Å²) in [5.74, 6) is 0.554. The summed E-state index contributed by atoms with van der Waals surface area (Å²) in [6.07, 6.45) is 0.573. The van der Waals surface area contributed by atoms with Gasteiger partial charge in [-0.2, -0.15) is 0 Å². The lowest BCUT2D eigenvalue weighted by Crippen LogP contribution is -2.16. The number of aromatic nitrogens is 1. The summed E-state index contributed by atoms with van der Waals surface area (Å²) in [6, 6.07) is 6.44. The quantitative estimate of drug-likeness (QED) is 0.691. The molecule has 140 valence electrons. The largest absolute Gasteiger partial charge is 0.485 e. The van der Waals surface area contributed by atoms with E-state index in [1.54, 1.807) is 24.3 Å². The fourth-order valence-electron chi connectivity index (χ4n) is 3.44. The number of aryl methyl sites for hydroxylation is 1. The Balaban J connectivity index is 1.77. The Morgan fingerprint density at radius 2 is 1.85 bits per heavy atom. The van der Waals surface area contributed by atoms with Crippen LogP contribution in [-0.4, -0.2) is 36.9 Å². The van der Waals surface area contributed by atoms with Crippen molar-refractivity contribution in [2.75, 3.05) is 18.1 Å². The van der Waals surface area contributed by atoms with E-state index in [1.165, 1.54) is 0 Å². The smallest absolute Gasteiger partial charge is 0.202 e. The molecule has 2 aromatic rings. The fourth-order valence-corrected chi connectivity index (χ4v) is 5.64. The zero-order valence-corrected chi connectivity index (χ0v) is 16.8. The van der Waals surface area contributed by atoms with Gasteiger partial charge in [-0.15, -0.1) is 0 Å². The Bertz CT molecular complexity index is 946. The molecule has 1 saturated heterocycles. The number of benzene rings is 1. The van der Waals surface area contributed by atoms with Crippen LogP contribution in [0.25, 0.3) is 0 Å². The van der Waals surface area contributed by atoms with E-state index in [-0.39, 0.29) is 29.9 Å². The van der Waals surface area contributed by atoms with E-state index in [4.69, 9.17) is 27.9 Å². The highest BCUT2D eigenvalue weighted by molar-refractivity contribution is 7.91. The second-order valence-corrected chi connectivity index (χ2v) is 9.63. The first kappa shape index (κ1) is 19.3. The minimum absolute atomic E-state index is 0.116. The van der Waals surface area contributed by atoms with Crippen molar-refractivity contribution in [2.24, 2.45) is 0 Å². The van der Waals surface area contributed by atoms with Gasteiger partial charge in [0.1, 0.15) is 5.75 Å². The summed E-state index contributed by atoms with van der Waals surface area (Å²) in [7, 11) is -3.00. The molecular weight excluding hydrogens is 397 g/mol. The molecule has 1 atom stereocenters. The molecule has 2 heterocycles. The maximum Gasteiger partial charge on any atom is 0.202 e. The van der Waals surface area contributed by atoms with Gasteiger partial charge in [0.2, 0.25) is 5.78 Å². The molecule has 0 unspecified atom stereocenters. The SMILES string of the molecule is Cc1cc(C(=O)COc2cc(Cl)cc(Cl)c2)c(C)n1[C@@H]1CCS(=O)(=O)C1. The van der Waals surface area contributed by atoms with E-state index in [1.807, 2.05) is 18.4 Å². The number of hydrogen-bond acceptors (Lipinski definition) is 4. The van der Waals surface area contributed by atoms with Crippen LogP contribution in [-0.2, 0) is 9.84 Å². The number of carbonyl (C=O) groups excluding carboxylic acids is 1. The van der Waals surface area contributed by atoms with Gasteiger partial charge in [0.25, 0.3) is 0 Å². The maximum atomic E-state index is 12.6. The molecule has 26 heavy (non-hydrogen) atoms. The van der Waals surface area contributed by atoms with Crippen molar-refractivity contribution in [3.05, 3.63) is 51.3 Å². The molecular formula is C18H19Cl2NO4S. The molecule has 0 N–H and O–H groups in total. The predicted octanol–water partition coefficient (Wildman–Crippen LogP) is 4.03. The number of carbonyl (C=O) groups is 1. The summed E-state index contributed by atoms with van der Waals surface area (Å²) in [5, 5.41) is 0.862. The van der Waals surface area contributed by atoms with E-state index < -0.39 is 9.84 Å². The van der Waals surface area contributed by atoms with Crippen molar-refractivity contribution in [2.45, 2.75) is 26.3 Å². The molecule has 1 aliphatic heterocycles. The van der Waals surface area contributed by atoms with Crippen molar-refractivity contribution in [3.63, 3.8) is 0 Å². The zero-order valence-electron chi connectivity index (χ0n) is 14.5. The number of halogens is 2. The first-order valence-corrected chi connectivity index (χ1v) is 10.7. The van der Waals surface area contributed by atoms with E-state index in [9.17, 15) is 13.2 Å². The Morgan fingerprint density at radius 1 is 1.19 bits per heavy atom. The van der Waals surface area contributed by atoms with E-state index >= 15 is 0 Å². The van der Waals surface area contributed by atoms with Gasteiger partial charge in [-0.05, 0) is 44.5 Å². The third-order valence-corrected chi connectivity index (χ3v) is 6.75. The molecule has 0 aliphatic carbocycles. The number of Topliss-reactive ketones (excluding diaryl/α,β-unsaturated/α-hetero) is 1. The average Bonchev–Trinajstić information content (AvgIpc) is 3.03. The van der Waals surface area contributed by atoms with Crippen LogP contribution >= 0.6 is 23.2 Å². The van der Waals surface area contributed by atoms with Crippen LogP contribution in [0, 0.1) is 13.8 Å². The molecule has 1 aliphatic rings. The van der Waals surface area contributed by atoms with Crippen molar-refractivity contribution in [3.8, 4) is 5.75 Å². The van der Waals surface area contributed by atoms with Crippen LogP contribution in [0.3, 0.4) is 0 Å². The van der Waals surface area contributed by atoms with Crippen molar-refractivity contribution in [1.29, 1.82) is 0 Å². The van der Waals surface area contributed by atoms with Crippen LogP contribution in [0.5, 0.6) is 5.75 Å². The number of sulfone groups is 1. The maximum absolute atomic E-state index is 12.6. The monoisotopic (exact) mass is 415 g/mol. The number of ketones is 1. The number of ether oxygens (including phenoxy) is 1. The standard InChI is InChI=1S/C18H19Cl2NO4S/c1-11-5-17(12(2)21(11)15-3-4-26(23,24)10-15)18(22)9-25-16-7-13(19)6-14(20)8-16/h5-8,15H,3-4,9-10H2,1-2H3/t15-/m1/s1. The second-order valence-electron chi connectivity index (χ2n) is 6.53. The van der Waals surface area contributed by atoms with Gasteiger partial charge in [-0.25, -0.2) is 8.42 Å². The van der Waals surface area contributed by atoms with Gasteiger partial charge in [-0.1, -0.05) is 23.2 Å². The third kappa shape index (κ3) is 4.08. The number of nitrogens with zero attached hydrogens (tertiary/aromatic N) is 1. The third-order valence-electron chi connectivity index (χ3n) is 4.56. The highest BCUT2D eigenvalue weighted by Gasteiger charge is 2.31. The molecule has 0 bridgehead atoms. The van der Waals surface area contributed by atoms with Gasteiger partial charge in [-0.3, -0.25) is 4.79 Å². The minimum atomic E-state index is -3.00. The molecule has 8 heteroatoms. The second kappa shape index (κ2) is 7.25. The first-order chi connectivity index (χ1) is 12.2. The van der Waals surface area contributed by atoms with Gasteiger partial charge in [0.15, 0.2) is 16.4 Å². The van der Waals surface area contributed by atoms with Gasteiger partial charge < -0.3 is 9.30 Å². The molecule has 1 aromatic heterocycles. The summed E-state index contributed by atoms with van der Waals surface area (Å²) in [5.41, 5.74) is 2.18. The number of hydrogen-bond donors (Lipinski definition) is 0. The first-order valence-electron chi connectivity index (χ1n) is 8.17. The summed E-state index contributed by atoms with van der Waals surface area (Å²) < 4.78 is 31.0. The van der Waals surface area contributed by atoms with Crippen molar-refractivity contribution in [1.82, 2.24) is 4.57 Å². The van der Waals surface area contributed by atoms with Gasteiger partial charge >= 0.3 is 0 Å². The topological polar surface area (TPSA) is 65.4 Å². The summed E-state index contributed by atoms with van der Waals surface area (Å²) >= 11 is 11.9. The Morgan fingerprint density at radius 3 is 2.42 bits per heavy atom. The lowest BCUT2D eigenvalue weighted by molar-refractivity contribution is 0.0920. The Labute approximate surface area is 162 Å². The Hall–Kier alpha value is -1.50. The fraction of sp³-hybridized carbons (Fsp3) is 0.389. The van der Waals surface area contributed by atoms with Crippen LogP contribution in [0.4, 0.5) is 0 Å². The van der Waals surface area contributed by atoms with E-state index in [0.29, 0.717) is 27.8 Å². The van der Waals surface area contributed by atoms with E-state index in [2.05, 4.69) is 0 Å².